The van der Waals surface area contributed by atoms with Gasteiger partial charge in [-0.3, -0.25) is 4.90 Å². The summed E-state index contributed by atoms with van der Waals surface area (Å²) in [5, 5.41) is 3.59. The van der Waals surface area contributed by atoms with Crippen molar-refractivity contribution in [3.8, 4) is 0 Å². The molecule has 3 heteroatoms. The van der Waals surface area contributed by atoms with Crippen LogP contribution in [0.3, 0.4) is 0 Å². The fourth-order valence-electron chi connectivity index (χ4n) is 3.45. The van der Waals surface area contributed by atoms with Crippen molar-refractivity contribution < 1.29 is 4.74 Å². The Hall–Kier alpha value is -0.120. The van der Waals surface area contributed by atoms with Crippen molar-refractivity contribution in [2.24, 2.45) is 5.92 Å². The topological polar surface area (TPSA) is 24.5 Å². The van der Waals surface area contributed by atoms with Gasteiger partial charge in [-0.05, 0) is 31.6 Å². The molecule has 0 spiro atoms. The van der Waals surface area contributed by atoms with Gasteiger partial charge in [0, 0.05) is 38.8 Å². The molecule has 1 unspecified atom stereocenters. The molecule has 1 saturated heterocycles. The Kier molecular flexibility index (Phi) is 6.62. The van der Waals surface area contributed by atoms with Crippen LogP contribution >= 0.6 is 0 Å². The van der Waals surface area contributed by atoms with E-state index in [-0.39, 0.29) is 0 Å². The molecule has 1 heterocycles. The molecule has 1 saturated carbocycles. The minimum Gasteiger partial charge on any atom is -0.377 e. The second-order valence-corrected chi connectivity index (χ2v) is 6.67. The van der Waals surface area contributed by atoms with Gasteiger partial charge in [-0.2, -0.15) is 0 Å². The summed E-state index contributed by atoms with van der Waals surface area (Å²) in [6, 6.07) is 0.854. The largest absolute Gasteiger partial charge is 0.377 e. The third-order valence-electron chi connectivity index (χ3n) is 4.41. The van der Waals surface area contributed by atoms with Crippen molar-refractivity contribution in [3.63, 3.8) is 0 Å². The number of hydrogen-bond acceptors (Lipinski definition) is 3. The van der Waals surface area contributed by atoms with E-state index in [1.807, 2.05) is 0 Å². The van der Waals surface area contributed by atoms with Gasteiger partial charge >= 0.3 is 0 Å². The SMILES string of the molecule is CC(C)CN(CCNCC1CCCO1)C1CCCC1. The van der Waals surface area contributed by atoms with Gasteiger partial charge in [0.15, 0.2) is 0 Å². The number of nitrogens with one attached hydrogen (secondary N) is 1. The number of rotatable bonds is 8. The van der Waals surface area contributed by atoms with Crippen molar-refractivity contribution in [1.29, 1.82) is 0 Å². The maximum absolute atomic E-state index is 5.65. The predicted octanol–water partition coefficient (Wildman–Crippen LogP) is 2.66. The zero-order valence-electron chi connectivity index (χ0n) is 12.9. The molecular formula is C16H32N2O. The molecule has 0 aromatic carbocycles. The van der Waals surface area contributed by atoms with Crippen LogP contribution in [-0.4, -0.2) is 49.8 Å². The molecule has 3 nitrogen and oxygen atoms in total. The van der Waals surface area contributed by atoms with Crippen molar-refractivity contribution in [1.82, 2.24) is 10.2 Å². The highest BCUT2D eigenvalue weighted by Crippen LogP contribution is 2.23. The monoisotopic (exact) mass is 268 g/mol. The minimum atomic E-state index is 0.477. The maximum atomic E-state index is 5.65. The van der Waals surface area contributed by atoms with Gasteiger partial charge in [0.2, 0.25) is 0 Å². The highest BCUT2D eigenvalue weighted by atomic mass is 16.5. The molecule has 0 radical (unpaired) electrons. The van der Waals surface area contributed by atoms with Crippen LogP contribution in [0, 0.1) is 5.92 Å². The molecule has 0 aromatic rings. The predicted molar refractivity (Wildman–Crippen MR) is 80.5 cm³/mol. The molecule has 0 amide bonds. The quantitative estimate of drug-likeness (QED) is 0.685. The van der Waals surface area contributed by atoms with Crippen LogP contribution in [0.15, 0.2) is 0 Å². The smallest absolute Gasteiger partial charge is 0.0700 e. The Labute approximate surface area is 119 Å². The lowest BCUT2D eigenvalue weighted by Gasteiger charge is -2.30. The van der Waals surface area contributed by atoms with Gasteiger partial charge in [-0.1, -0.05) is 26.7 Å². The number of nitrogens with zero attached hydrogens (tertiary/aromatic N) is 1. The molecule has 2 aliphatic rings. The molecule has 1 atom stereocenters. The second kappa shape index (κ2) is 8.23. The van der Waals surface area contributed by atoms with Gasteiger partial charge in [0.1, 0.15) is 0 Å². The molecule has 1 N–H and O–H groups in total. The maximum Gasteiger partial charge on any atom is 0.0700 e. The third-order valence-corrected chi connectivity index (χ3v) is 4.41. The summed E-state index contributed by atoms with van der Waals surface area (Å²) in [5.74, 6) is 0.777. The van der Waals surface area contributed by atoms with E-state index in [4.69, 9.17) is 4.74 Å². The van der Waals surface area contributed by atoms with Gasteiger partial charge in [-0.25, -0.2) is 0 Å². The number of ether oxygens (including phenoxy) is 1. The normalized spacial score (nSPS) is 24.9. The molecule has 2 fully saturated rings. The van der Waals surface area contributed by atoms with E-state index in [0.717, 1.165) is 31.7 Å². The fourth-order valence-corrected chi connectivity index (χ4v) is 3.45. The van der Waals surface area contributed by atoms with Crippen LogP contribution < -0.4 is 5.32 Å². The van der Waals surface area contributed by atoms with E-state index in [1.165, 1.54) is 51.6 Å². The molecular weight excluding hydrogens is 236 g/mol. The summed E-state index contributed by atoms with van der Waals surface area (Å²) in [7, 11) is 0. The summed E-state index contributed by atoms with van der Waals surface area (Å²) in [5.41, 5.74) is 0. The molecule has 1 aliphatic carbocycles. The first-order valence-electron chi connectivity index (χ1n) is 8.32. The first-order valence-corrected chi connectivity index (χ1v) is 8.32. The average molecular weight is 268 g/mol. The van der Waals surface area contributed by atoms with Crippen LogP contribution in [0.4, 0.5) is 0 Å². The van der Waals surface area contributed by atoms with E-state index in [2.05, 4.69) is 24.1 Å². The van der Waals surface area contributed by atoms with Crippen LogP contribution in [0.5, 0.6) is 0 Å². The highest BCUT2D eigenvalue weighted by molar-refractivity contribution is 4.79. The van der Waals surface area contributed by atoms with Crippen molar-refractivity contribution >= 4 is 0 Å². The summed E-state index contributed by atoms with van der Waals surface area (Å²) < 4.78 is 5.65. The fraction of sp³-hybridized carbons (Fsp3) is 1.00. The van der Waals surface area contributed by atoms with Crippen molar-refractivity contribution in [3.05, 3.63) is 0 Å². The van der Waals surface area contributed by atoms with Crippen molar-refractivity contribution in [2.45, 2.75) is 64.5 Å². The molecule has 0 bridgehead atoms. The zero-order valence-corrected chi connectivity index (χ0v) is 12.9. The lowest BCUT2D eigenvalue weighted by atomic mass is 10.1. The summed E-state index contributed by atoms with van der Waals surface area (Å²) in [4.78, 5) is 2.72. The van der Waals surface area contributed by atoms with E-state index >= 15 is 0 Å². The summed E-state index contributed by atoms with van der Waals surface area (Å²) >= 11 is 0. The molecule has 2 rings (SSSR count). The van der Waals surface area contributed by atoms with Crippen LogP contribution in [0.25, 0.3) is 0 Å². The summed E-state index contributed by atoms with van der Waals surface area (Å²) in [6.45, 7) is 10.3. The van der Waals surface area contributed by atoms with Crippen LogP contribution in [0.1, 0.15) is 52.4 Å². The van der Waals surface area contributed by atoms with Gasteiger partial charge in [0.25, 0.3) is 0 Å². The first kappa shape index (κ1) is 15.3. The lowest BCUT2D eigenvalue weighted by Crippen LogP contribution is -2.41. The molecule has 112 valence electrons. The van der Waals surface area contributed by atoms with Crippen LogP contribution in [-0.2, 0) is 4.74 Å². The Morgan fingerprint density at radius 1 is 1.16 bits per heavy atom. The highest BCUT2D eigenvalue weighted by Gasteiger charge is 2.22. The Morgan fingerprint density at radius 3 is 2.58 bits per heavy atom. The Bertz CT molecular complexity index is 233. The molecule has 19 heavy (non-hydrogen) atoms. The van der Waals surface area contributed by atoms with E-state index in [1.54, 1.807) is 0 Å². The van der Waals surface area contributed by atoms with E-state index in [9.17, 15) is 0 Å². The van der Waals surface area contributed by atoms with E-state index in [0.29, 0.717) is 6.10 Å². The minimum absolute atomic E-state index is 0.477. The third kappa shape index (κ3) is 5.41. The second-order valence-electron chi connectivity index (χ2n) is 6.67. The van der Waals surface area contributed by atoms with Gasteiger partial charge in [-0.15, -0.1) is 0 Å². The van der Waals surface area contributed by atoms with Gasteiger partial charge in [0.05, 0.1) is 6.10 Å². The summed E-state index contributed by atoms with van der Waals surface area (Å²) in [6.07, 6.45) is 8.66. The Morgan fingerprint density at radius 2 is 1.95 bits per heavy atom. The lowest BCUT2D eigenvalue weighted by molar-refractivity contribution is 0.108. The Balaban J connectivity index is 1.63. The number of hydrogen-bond donors (Lipinski definition) is 1. The van der Waals surface area contributed by atoms with Crippen LogP contribution in [0.2, 0.25) is 0 Å². The average Bonchev–Trinajstić information content (AvgIpc) is 3.04. The molecule has 1 aliphatic heterocycles. The first-order chi connectivity index (χ1) is 9.25. The molecule has 0 aromatic heterocycles. The van der Waals surface area contributed by atoms with Gasteiger partial charge < -0.3 is 10.1 Å². The van der Waals surface area contributed by atoms with E-state index < -0.39 is 0 Å². The van der Waals surface area contributed by atoms with Crippen molar-refractivity contribution in [2.75, 3.05) is 32.8 Å². The zero-order chi connectivity index (χ0) is 13.5. The standard InChI is InChI=1S/C16H32N2O/c1-14(2)13-18(15-6-3-4-7-15)10-9-17-12-16-8-5-11-19-16/h14-17H,3-13H2,1-2H3.